The number of anilines is 1. The van der Waals surface area contributed by atoms with E-state index in [1.54, 1.807) is 48.5 Å². The first-order chi connectivity index (χ1) is 18.0. The molecule has 2 amide bonds. The summed E-state index contributed by atoms with van der Waals surface area (Å²) in [6.07, 6.45) is 3.56. The highest BCUT2D eigenvalue weighted by Gasteiger charge is 2.18. The molecule has 1 fully saturated rings. The van der Waals surface area contributed by atoms with Crippen LogP contribution in [0.2, 0.25) is 0 Å². The number of rotatable bonds is 11. The van der Waals surface area contributed by atoms with Crippen molar-refractivity contribution in [3.63, 3.8) is 0 Å². The van der Waals surface area contributed by atoms with Crippen LogP contribution in [0.1, 0.15) is 30.1 Å². The van der Waals surface area contributed by atoms with E-state index in [4.69, 9.17) is 9.47 Å². The zero-order valence-corrected chi connectivity index (χ0v) is 21.5. The first-order valence-corrected chi connectivity index (χ1v) is 13.2. The zero-order valence-electron chi connectivity index (χ0n) is 20.7. The Labute approximate surface area is 219 Å². The van der Waals surface area contributed by atoms with Crippen molar-refractivity contribution in [3.05, 3.63) is 71.0 Å². The Morgan fingerprint density at radius 3 is 2.78 bits per heavy atom. The third-order valence-electron chi connectivity index (χ3n) is 5.79. The first kappa shape index (κ1) is 26.4. The second-order valence-electron chi connectivity index (χ2n) is 8.47. The first-order valence-electron chi connectivity index (χ1n) is 12.2. The molecule has 0 unspecified atom stereocenters. The molecule has 0 aliphatic carbocycles. The lowest BCUT2D eigenvalue weighted by Gasteiger charge is -2.13. The lowest BCUT2D eigenvalue weighted by atomic mass is 10.1. The highest BCUT2D eigenvalue weighted by atomic mass is 32.2. The maximum atomic E-state index is 13.2. The van der Waals surface area contributed by atoms with E-state index in [0.29, 0.717) is 40.5 Å². The van der Waals surface area contributed by atoms with Crippen LogP contribution >= 0.6 is 11.8 Å². The number of fused-ring (bicyclic) bond motifs is 1. The zero-order chi connectivity index (χ0) is 26.2. The Morgan fingerprint density at radius 1 is 1.27 bits per heavy atom. The second kappa shape index (κ2) is 12.6. The molecule has 2 N–H and O–H groups in total. The Bertz CT molecular complexity index is 1330. The van der Waals surface area contributed by atoms with E-state index in [1.165, 1.54) is 4.57 Å². The number of carbonyl (C=O) groups is 2. The number of thioether (sulfide) groups is 1. The van der Waals surface area contributed by atoms with Gasteiger partial charge in [-0.1, -0.05) is 17.8 Å². The molecule has 2 aromatic carbocycles. The number of nitrogens with zero attached hydrogens (tertiary/aromatic N) is 2. The van der Waals surface area contributed by atoms with Gasteiger partial charge >= 0.3 is 0 Å². The van der Waals surface area contributed by atoms with Crippen LogP contribution in [-0.4, -0.2) is 53.0 Å². The van der Waals surface area contributed by atoms with Crippen LogP contribution in [0.4, 0.5) is 5.69 Å². The van der Waals surface area contributed by atoms with Crippen LogP contribution in [0.25, 0.3) is 10.9 Å². The van der Waals surface area contributed by atoms with Gasteiger partial charge in [-0.05, 0) is 62.2 Å². The normalized spacial score (nSPS) is 14.9. The van der Waals surface area contributed by atoms with Crippen molar-refractivity contribution in [2.75, 3.05) is 30.8 Å². The van der Waals surface area contributed by atoms with E-state index in [9.17, 15) is 14.4 Å². The van der Waals surface area contributed by atoms with Crippen LogP contribution in [0.15, 0.2) is 65.1 Å². The van der Waals surface area contributed by atoms with E-state index in [0.717, 1.165) is 37.0 Å². The minimum Gasteiger partial charge on any atom is -0.494 e. The monoisotopic (exact) mass is 522 g/mol. The van der Waals surface area contributed by atoms with Crippen LogP contribution in [0.3, 0.4) is 0 Å². The van der Waals surface area contributed by atoms with E-state index < -0.39 is 0 Å². The summed E-state index contributed by atoms with van der Waals surface area (Å²) in [7, 11) is 0. The van der Waals surface area contributed by atoms with E-state index >= 15 is 0 Å². The largest absolute Gasteiger partial charge is 0.494 e. The summed E-state index contributed by atoms with van der Waals surface area (Å²) in [4.78, 5) is 43.0. The van der Waals surface area contributed by atoms with Gasteiger partial charge < -0.3 is 20.1 Å². The van der Waals surface area contributed by atoms with Crippen LogP contribution in [0.5, 0.6) is 5.75 Å². The quantitative estimate of drug-likeness (QED) is 0.225. The van der Waals surface area contributed by atoms with Gasteiger partial charge in [0.1, 0.15) is 5.75 Å². The molecular formula is C27H30N4O5S. The predicted molar refractivity (Wildman–Crippen MR) is 144 cm³/mol. The lowest BCUT2D eigenvalue weighted by Crippen LogP contribution is -2.31. The fourth-order valence-corrected chi connectivity index (χ4v) is 4.79. The second-order valence-corrected chi connectivity index (χ2v) is 9.41. The third-order valence-corrected chi connectivity index (χ3v) is 6.77. The molecule has 1 atom stereocenters. The van der Waals surface area contributed by atoms with Gasteiger partial charge in [0.15, 0.2) is 5.16 Å². The smallest absolute Gasteiger partial charge is 0.262 e. The third kappa shape index (κ3) is 6.78. The molecule has 3 aromatic rings. The molecule has 0 radical (unpaired) electrons. The fourth-order valence-electron chi connectivity index (χ4n) is 3.98. The molecule has 9 nitrogen and oxygen atoms in total. The molecule has 194 valence electrons. The summed E-state index contributed by atoms with van der Waals surface area (Å²) in [5.74, 6) is 0.280. The van der Waals surface area contributed by atoms with Gasteiger partial charge in [-0.15, -0.1) is 6.58 Å². The van der Waals surface area contributed by atoms with Gasteiger partial charge in [-0.3, -0.25) is 19.0 Å². The SMILES string of the molecule is C=CCn1c(SCC(=O)Nc2ccc(OCC)cc2)nc2cc(C(=O)NC[C@H]3CCCO3)ccc2c1=O. The number of hydrogen-bond donors (Lipinski definition) is 2. The highest BCUT2D eigenvalue weighted by molar-refractivity contribution is 7.99. The van der Waals surface area contributed by atoms with E-state index in [2.05, 4.69) is 22.2 Å². The summed E-state index contributed by atoms with van der Waals surface area (Å²) in [5.41, 5.74) is 1.18. The van der Waals surface area contributed by atoms with Crippen molar-refractivity contribution >= 4 is 40.2 Å². The molecule has 2 heterocycles. The molecular weight excluding hydrogens is 492 g/mol. The Hall–Kier alpha value is -3.63. The van der Waals surface area contributed by atoms with Gasteiger partial charge in [0.2, 0.25) is 5.91 Å². The molecule has 1 aliphatic heterocycles. The van der Waals surface area contributed by atoms with Crippen molar-refractivity contribution < 1.29 is 19.1 Å². The van der Waals surface area contributed by atoms with E-state index in [-0.39, 0.29) is 35.8 Å². The Morgan fingerprint density at radius 2 is 2.08 bits per heavy atom. The molecule has 0 bridgehead atoms. The topological polar surface area (TPSA) is 112 Å². The summed E-state index contributed by atoms with van der Waals surface area (Å²) in [6.45, 7) is 7.60. The van der Waals surface area contributed by atoms with Gasteiger partial charge in [-0.2, -0.15) is 0 Å². The van der Waals surface area contributed by atoms with Crippen molar-refractivity contribution in [1.29, 1.82) is 0 Å². The summed E-state index contributed by atoms with van der Waals surface area (Å²) >= 11 is 1.15. The molecule has 10 heteroatoms. The minimum absolute atomic E-state index is 0.0328. The number of ether oxygens (including phenoxy) is 2. The molecule has 37 heavy (non-hydrogen) atoms. The standard InChI is InChI=1S/C27H30N4O5S/c1-3-13-31-26(34)22-12-7-18(25(33)28-16-21-6-5-14-36-21)15-23(22)30-27(31)37-17-24(32)29-19-8-10-20(11-9-19)35-4-2/h3,7-12,15,21H,1,4-6,13-14,16-17H2,2H3,(H,28,33)(H,29,32)/t21-/m1/s1. The van der Waals surface area contributed by atoms with Gasteiger partial charge in [-0.25, -0.2) is 4.98 Å². The van der Waals surface area contributed by atoms with Crippen LogP contribution < -0.4 is 20.9 Å². The molecule has 1 saturated heterocycles. The summed E-state index contributed by atoms with van der Waals surface area (Å²) in [5, 5.41) is 6.48. The Balaban J connectivity index is 1.49. The maximum absolute atomic E-state index is 13.2. The lowest BCUT2D eigenvalue weighted by molar-refractivity contribution is -0.113. The average molecular weight is 523 g/mol. The van der Waals surface area contributed by atoms with Crippen molar-refractivity contribution in [2.45, 2.75) is 37.6 Å². The fraction of sp³-hybridized carbons (Fsp3) is 0.333. The molecule has 0 spiro atoms. The van der Waals surface area contributed by atoms with Gasteiger partial charge in [0, 0.05) is 30.9 Å². The number of carbonyl (C=O) groups excluding carboxylic acids is 2. The van der Waals surface area contributed by atoms with Crippen LogP contribution in [-0.2, 0) is 16.1 Å². The number of hydrogen-bond acceptors (Lipinski definition) is 7. The number of amides is 2. The minimum atomic E-state index is -0.259. The number of benzene rings is 2. The highest BCUT2D eigenvalue weighted by Crippen LogP contribution is 2.21. The predicted octanol–water partition coefficient (Wildman–Crippen LogP) is 3.62. The summed E-state index contributed by atoms with van der Waals surface area (Å²) in [6, 6.07) is 11.9. The van der Waals surface area contributed by atoms with Gasteiger partial charge in [0.25, 0.3) is 11.5 Å². The molecule has 1 aliphatic rings. The molecule has 1 aromatic heterocycles. The van der Waals surface area contributed by atoms with Crippen molar-refractivity contribution in [3.8, 4) is 5.75 Å². The molecule has 4 rings (SSSR count). The maximum Gasteiger partial charge on any atom is 0.262 e. The molecule has 0 saturated carbocycles. The van der Waals surface area contributed by atoms with Gasteiger partial charge in [0.05, 0.1) is 29.4 Å². The van der Waals surface area contributed by atoms with Crippen LogP contribution in [0, 0.1) is 0 Å². The van der Waals surface area contributed by atoms with E-state index in [1.807, 2.05) is 6.92 Å². The van der Waals surface area contributed by atoms with Crippen molar-refractivity contribution in [2.24, 2.45) is 0 Å². The number of aromatic nitrogens is 2. The number of allylic oxidation sites excluding steroid dienone is 1. The Kier molecular flexibility index (Phi) is 8.97. The summed E-state index contributed by atoms with van der Waals surface area (Å²) < 4.78 is 12.4. The van der Waals surface area contributed by atoms with Crippen molar-refractivity contribution in [1.82, 2.24) is 14.9 Å². The average Bonchev–Trinajstić information content (AvgIpc) is 3.43. The number of nitrogens with one attached hydrogen (secondary N) is 2.